The van der Waals surface area contributed by atoms with Crippen LogP contribution in [0.25, 0.3) is 0 Å². The Balaban J connectivity index is 1.87. The van der Waals surface area contributed by atoms with Gasteiger partial charge >= 0.3 is 0 Å². The average molecular weight is 331 g/mol. The van der Waals surface area contributed by atoms with Crippen LogP contribution in [0.5, 0.6) is 0 Å². The maximum atomic E-state index is 9.64. The summed E-state index contributed by atoms with van der Waals surface area (Å²) in [6.45, 7) is 5.12. The molecule has 1 aromatic rings. The number of aliphatic hydroxyl groups is 1. The van der Waals surface area contributed by atoms with Gasteiger partial charge in [-0.15, -0.1) is 0 Å². The molecule has 0 aromatic heterocycles. The quantitative estimate of drug-likeness (QED) is 0.835. The van der Waals surface area contributed by atoms with Crippen LogP contribution < -0.4 is 5.32 Å². The van der Waals surface area contributed by atoms with Gasteiger partial charge in [0.15, 0.2) is 0 Å². The molecule has 2 atom stereocenters. The lowest BCUT2D eigenvalue weighted by Gasteiger charge is -2.49. The average Bonchev–Trinajstić information content (AvgIpc) is 2.26. The van der Waals surface area contributed by atoms with E-state index in [1.54, 1.807) is 0 Å². The zero-order valence-corrected chi connectivity index (χ0v) is 11.9. The molecule has 0 saturated heterocycles. The summed E-state index contributed by atoms with van der Waals surface area (Å²) < 4.78 is 1.26. The molecule has 1 aromatic carbocycles. The number of benzene rings is 1. The Hall–Kier alpha value is -0.130. The molecular weight excluding hydrogens is 313 g/mol. The van der Waals surface area contributed by atoms with Gasteiger partial charge in [-0.05, 0) is 46.7 Å². The molecule has 1 aliphatic carbocycles. The van der Waals surface area contributed by atoms with Crippen molar-refractivity contribution >= 4 is 22.6 Å². The molecule has 0 heterocycles. The molecule has 0 aliphatic heterocycles. The molecule has 16 heavy (non-hydrogen) atoms. The first-order chi connectivity index (χ1) is 7.50. The fourth-order valence-corrected chi connectivity index (χ4v) is 2.45. The maximum absolute atomic E-state index is 9.64. The van der Waals surface area contributed by atoms with Gasteiger partial charge < -0.3 is 10.4 Å². The van der Waals surface area contributed by atoms with E-state index in [1.807, 2.05) is 0 Å². The topological polar surface area (TPSA) is 32.3 Å². The third-order valence-corrected chi connectivity index (χ3v) is 4.40. The Bertz CT molecular complexity index is 361. The normalized spacial score (nSPS) is 27.5. The summed E-state index contributed by atoms with van der Waals surface area (Å²) in [6.07, 6.45) is 0.721. The first kappa shape index (κ1) is 12.3. The van der Waals surface area contributed by atoms with Crippen molar-refractivity contribution in [1.82, 2.24) is 5.32 Å². The number of rotatable bonds is 3. The fourth-order valence-electron chi connectivity index (χ4n) is 2.09. The third-order valence-electron chi connectivity index (χ3n) is 3.68. The van der Waals surface area contributed by atoms with E-state index in [2.05, 4.69) is 66.0 Å². The third kappa shape index (κ3) is 2.41. The van der Waals surface area contributed by atoms with E-state index >= 15 is 0 Å². The molecule has 2 rings (SSSR count). The first-order valence-electron chi connectivity index (χ1n) is 5.66. The Morgan fingerprint density at radius 1 is 1.38 bits per heavy atom. The predicted octanol–water partition coefficient (Wildman–Crippen LogP) is 2.54. The van der Waals surface area contributed by atoms with Crippen molar-refractivity contribution in [2.45, 2.75) is 39.0 Å². The molecule has 1 fully saturated rings. The SMILES string of the molecule is CC1(C)C(O)CC1NCc1ccc(I)cc1. The molecule has 0 radical (unpaired) electrons. The van der Waals surface area contributed by atoms with Gasteiger partial charge in [0.05, 0.1) is 6.10 Å². The minimum atomic E-state index is -0.151. The second-order valence-corrected chi connectivity index (χ2v) is 6.38. The lowest BCUT2D eigenvalue weighted by atomic mass is 9.64. The molecule has 0 spiro atoms. The highest BCUT2D eigenvalue weighted by Gasteiger charge is 2.46. The summed E-state index contributed by atoms with van der Waals surface area (Å²) in [5.74, 6) is 0. The molecule has 1 aliphatic rings. The lowest BCUT2D eigenvalue weighted by molar-refractivity contribution is -0.0729. The van der Waals surface area contributed by atoms with Crippen molar-refractivity contribution in [2.24, 2.45) is 5.41 Å². The molecule has 2 N–H and O–H groups in total. The molecular formula is C13H18INO. The van der Waals surface area contributed by atoms with E-state index in [9.17, 15) is 5.11 Å². The minimum absolute atomic E-state index is 0.0171. The smallest absolute Gasteiger partial charge is 0.0621 e. The highest BCUT2D eigenvalue weighted by atomic mass is 127. The Morgan fingerprint density at radius 2 is 2.00 bits per heavy atom. The van der Waals surface area contributed by atoms with Gasteiger partial charge in [-0.1, -0.05) is 26.0 Å². The monoisotopic (exact) mass is 331 g/mol. The number of aliphatic hydroxyl groups excluding tert-OH is 1. The van der Waals surface area contributed by atoms with E-state index in [-0.39, 0.29) is 11.5 Å². The Kier molecular flexibility index (Phi) is 3.56. The number of nitrogens with one attached hydrogen (secondary N) is 1. The highest BCUT2D eigenvalue weighted by Crippen LogP contribution is 2.40. The van der Waals surface area contributed by atoms with Crippen LogP contribution >= 0.6 is 22.6 Å². The van der Waals surface area contributed by atoms with Gasteiger partial charge in [-0.3, -0.25) is 0 Å². The summed E-state index contributed by atoms with van der Waals surface area (Å²) in [6, 6.07) is 8.98. The molecule has 2 nitrogen and oxygen atoms in total. The van der Waals surface area contributed by atoms with Gasteiger partial charge in [0.1, 0.15) is 0 Å². The van der Waals surface area contributed by atoms with Crippen LogP contribution in [0.4, 0.5) is 0 Å². The van der Waals surface area contributed by atoms with Crippen molar-refractivity contribution in [3.05, 3.63) is 33.4 Å². The molecule has 3 heteroatoms. The first-order valence-corrected chi connectivity index (χ1v) is 6.74. The standard InChI is InChI=1S/C13H18INO/c1-13(2)11(7-12(13)16)15-8-9-3-5-10(14)6-4-9/h3-6,11-12,15-16H,7-8H2,1-2H3. The van der Waals surface area contributed by atoms with Crippen LogP contribution in [-0.4, -0.2) is 17.3 Å². The van der Waals surface area contributed by atoms with Gasteiger partial charge in [-0.2, -0.15) is 0 Å². The van der Waals surface area contributed by atoms with Crippen molar-refractivity contribution in [3.63, 3.8) is 0 Å². The van der Waals surface area contributed by atoms with E-state index < -0.39 is 0 Å². The minimum Gasteiger partial charge on any atom is -0.392 e. The summed E-state index contributed by atoms with van der Waals surface area (Å²) in [4.78, 5) is 0. The van der Waals surface area contributed by atoms with Gasteiger partial charge in [0.2, 0.25) is 0 Å². The zero-order chi connectivity index (χ0) is 11.8. The predicted molar refractivity (Wildman–Crippen MR) is 74.2 cm³/mol. The van der Waals surface area contributed by atoms with Crippen LogP contribution in [0, 0.1) is 8.99 Å². The number of halogens is 1. The van der Waals surface area contributed by atoms with E-state index in [4.69, 9.17) is 0 Å². The number of hydrogen-bond acceptors (Lipinski definition) is 2. The van der Waals surface area contributed by atoms with E-state index in [1.165, 1.54) is 9.13 Å². The van der Waals surface area contributed by atoms with Crippen molar-refractivity contribution in [2.75, 3.05) is 0 Å². The molecule has 0 bridgehead atoms. The van der Waals surface area contributed by atoms with Crippen molar-refractivity contribution in [3.8, 4) is 0 Å². The second-order valence-electron chi connectivity index (χ2n) is 5.13. The summed E-state index contributed by atoms with van der Waals surface area (Å²) in [5.41, 5.74) is 1.32. The zero-order valence-electron chi connectivity index (χ0n) is 9.70. The Labute approximate surface area is 111 Å². The number of hydrogen-bond donors (Lipinski definition) is 2. The van der Waals surface area contributed by atoms with Crippen LogP contribution in [-0.2, 0) is 6.54 Å². The highest BCUT2D eigenvalue weighted by molar-refractivity contribution is 14.1. The summed E-state index contributed by atoms with van der Waals surface area (Å²) >= 11 is 2.31. The van der Waals surface area contributed by atoms with Crippen LogP contribution in [0.15, 0.2) is 24.3 Å². The maximum Gasteiger partial charge on any atom is 0.0621 e. The van der Waals surface area contributed by atoms with Crippen LogP contribution in [0.2, 0.25) is 0 Å². The molecule has 2 unspecified atom stereocenters. The van der Waals surface area contributed by atoms with Crippen molar-refractivity contribution < 1.29 is 5.11 Å². The van der Waals surface area contributed by atoms with E-state index in [0.717, 1.165) is 13.0 Å². The van der Waals surface area contributed by atoms with Gasteiger partial charge in [-0.25, -0.2) is 0 Å². The lowest BCUT2D eigenvalue weighted by Crippen LogP contribution is -2.59. The molecule has 0 amide bonds. The van der Waals surface area contributed by atoms with Crippen LogP contribution in [0.1, 0.15) is 25.8 Å². The molecule has 88 valence electrons. The Morgan fingerprint density at radius 3 is 2.50 bits per heavy atom. The molecule has 1 saturated carbocycles. The van der Waals surface area contributed by atoms with E-state index in [0.29, 0.717) is 6.04 Å². The van der Waals surface area contributed by atoms with Gasteiger partial charge in [0, 0.05) is 21.6 Å². The second kappa shape index (κ2) is 4.63. The van der Waals surface area contributed by atoms with Crippen LogP contribution in [0.3, 0.4) is 0 Å². The summed E-state index contributed by atoms with van der Waals surface area (Å²) in [7, 11) is 0. The largest absolute Gasteiger partial charge is 0.392 e. The van der Waals surface area contributed by atoms with Crippen molar-refractivity contribution in [1.29, 1.82) is 0 Å². The summed E-state index contributed by atoms with van der Waals surface area (Å²) in [5, 5.41) is 13.2. The van der Waals surface area contributed by atoms with Gasteiger partial charge in [0.25, 0.3) is 0 Å². The fraction of sp³-hybridized carbons (Fsp3) is 0.538.